The van der Waals surface area contributed by atoms with E-state index in [1.54, 1.807) is 6.20 Å². The summed E-state index contributed by atoms with van der Waals surface area (Å²) in [4.78, 5) is 4.21. The van der Waals surface area contributed by atoms with Crippen molar-refractivity contribution in [3.8, 4) is 0 Å². The highest BCUT2D eigenvalue weighted by Gasteiger charge is 2.39. The fraction of sp³-hybridized carbons (Fsp3) is 0.583. The van der Waals surface area contributed by atoms with Gasteiger partial charge in [-0.25, -0.2) is 0 Å². The summed E-state index contributed by atoms with van der Waals surface area (Å²) in [6, 6.07) is 5.69. The molecule has 1 aromatic rings. The number of hydrogen-bond acceptors (Lipinski definition) is 3. The zero-order chi connectivity index (χ0) is 11.5. The molecule has 3 heteroatoms. The Hall–Kier alpha value is -0.930. The number of hydrogen-bond donors (Lipinski definition) is 2. The van der Waals surface area contributed by atoms with Crippen LogP contribution < -0.4 is 5.73 Å². The van der Waals surface area contributed by atoms with Crippen LogP contribution in [0.2, 0.25) is 0 Å². The van der Waals surface area contributed by atoms with Crippen LogP contribution in [-0.2, 0) is 6.42 Å². The molecule has 1 unspecified atom stereocenters. The summed E-state index contributed by atoms with van der Waals surface area (Å²) < 4.78 is 0. The Labute approximate surface area is 91.3 Å². The summed E-state index contributed by atoms with van der Waals surface area (Å²) in [7, 11) is 0. The summed E-state index contributed by atoms with van der Waals surface area (Å²) in [5.41, 5.74) is 5.39. The smallest absolute Gasteiger partial charge is 0.0872 e. The molecule has 0 fully saturated rings. The van der Waals surface area contributed by atoms with Crippen LogP contribution in [0.25, 0.3) is 0 Å². The first kappa shape index (κ1) is 12.1. The highest BCUT2D eigenvalue weighted by atomic mass is 16.3. The number of rotatable bonds is 3. The fourth-order valence-electron chi connectivity index (χ4n) is 1.45. The van der Waals surface area contributed by atoms with Gasteiger partial charge in [0.1, 0.15) is 0 Å². The van der Waals surface area contributed by atoms with Crippen molar-refractivity contribution in [2.75, 3.05) is 6.54 Å². The SMILES string of the molecule is CC(C)(C)C(O)(CN)Cc1ccccn1. The molecule has 84 valence electrons. The first-order chi connectivity index (χ1) is 6.89. The van der Waals surface area contributed by atoms with Gasteiger partial charge in [-0.05, 0) is 17.5 Å². The second-order valence-corrected chi connectivity index (χ2v) is 4.98. The van der Waals surface area contributed by atoms with E-state index in [9.17, 15) is 5.11 Å². The molecular formula is C12H20N2O. The van der Waals surface area contributed by atoms with E-state index in [4.69, 9.17) is 5.73 Å². The van der Waals surface area contributed by atoms with Gasteiger partial charge in [0.25, 0.3) is 0 Å². The molecule has 1 aromatic heterocycles. The number of pyridine rings is 1. The molecule has 0 saturated heterocycles. The molecule has 0 bridgehead atoms. The number of aliphatic hydroxyl groups is 1. The zero-order valence-corrected chi connectivity index (χ0v) is 9.70. The van der Waals surface area contributed by atoms with Gasteiger partial charge in [0.2, 0.25) is 0 Å². The van der Waals surface area contributed by atoms with E-state index in [0.717, 1.165) is 5.69 Å². The van der Waals surface area contributed by atoms with Crippen molar-refractivity contribution in [3.05, 3.63) is 30.1 Å². The van der Waals surface area contributed by atoms with Crippen molar-refractivity contribution in [2.45, 2.75) is 32.8 Å². The first-order valence-electron chi connectivity index (χ1n) is 5.21. The molecule has 0 aromatic carbocycles. The van der Waals surface area contributed by atoms with Crippen molar-refractivity contribution in [1.82, 2.24) is 4.98 Å². The molecule has 1 heterocycles. The van der Waals surface area contributed by atoms with Crippen LogP contribution in [0.4, 0.5) is 0 Å². The van der Waals surface area contributed by atoms with E-state index >= 15 is 0 Å². The van der Waals surface area contributed by atoms with Gasteiger partial charge in [-0.1, -0.05) is 26.8 Å². The van der Waals surface area contributed by atoms with Gasteiger partial charge in [0.05, 0.1) is 5.60 Å². The zero-order valence-electron chi connectivity index (χ0n) is 9.70. The van der Waals surface area contributed by atoms with E-state index in [1.807, 2.05) is 39.0 Å². The van der Waals surface area contributed by atoms with Crippen LogP contribution in [0.5, 0.6) is 0 Å². The fourth-order valence-corrected chi connectivity index (χ4v) is 1.45. The Balaban J connectivity index is 2.87. The maximum Gasteiger partial charge on any atom is 0.0872 e. The molecule has 3 N–H and O–H groups in total. The van der Waals surface area contributed by atoms with Gasteiger partial charge in [-0.15, -0.1) is 0 Å². The van der Waals surface area contributed by atoms with Crippen LogP contribution >= 0.6 is 0 Å². The molecule has 1 atom stereocenters. The molecule has 0 radical (unpaired) electrons. The second-order valence-electron chi connectivity index (χ2n) is 4.98. The van der Waals surface area contributed by atoms with Crippen molar-refractivity contribution in [3.63, 3.8) is 0 Å². The van der Waals surface area contributed by atoms with Crippen molar-refractivity contribution < 1.29 is 5.11 Å². The number of nitrogens with zero attached hydrogens (tertiary/aromatic N) is 1. The van der Waals surface area contributed by atoms with Gasteiger partial charge < -0.3 is 10.8 Å². The van der Waals surface area contributed by atoms with E-state index in [0.29, 0.717) is 6.42 Å². The average Bonchev–Trinajstić information content (AvgIpc) is 2.17. The van der Waals surface area contributed by atoms with Gasteiger partial charge in [0.15, 0.2) is 0 Å². The summed E-state index contributed by atoms with van der Waals surface area (Å²) >= 11 is 0. The molecule has 0 aliphatic rings. The quantitative estimate of drug-likeness (QED) is 0.788. The molecule has 0 saturated carbocycles. The van der Waals surface area contributed by atoms with Gasteiger partial charge in [-0.3, -0.25) is 4.98 Å². The van der Waals surface area contributed by atoms with E-state index in [2.05, 4.69) is 4.98 Å². The molecule has 0 aliphatic heterocycles. The van der Waals surface area contributed by atoms with Crippen LogP contribution in [-0.4, -0.2) is 22.2 Å². The Morgan fingerprint density at radius 1 is 1.33 bits per heavy atom. The lowest BCUT2D eigenvalue weighted by Gasteiger charge is -2.39. The predicted molar refractivity (Wildman–Crippen MR) is 61.4 cm³/mol. The van der Waals surface area contributed by atoms with E-state index < -0.39 is 5.60 Å². The van der Waals surface area contributed by atoms with Crippen LogP contribution in [0, 0.1) is 5.41 Å². The Morgan fingerprint density at radius 2 is 2.00 bits per heavy atom. The third-order valence-corrected chi connectivity index (χ3v) is 2.93. The first-order valence-corrected chi connectivity index (χ1v) is 5.21. The number of nitrogens with two attached hydrogens (primary N) is 1. The summed E-state index contributed by atoms with van der Waals surface area (Å²) in [5, 5.41) is 10.4. The highest BCUT2D eigenvalue weighted by molar-refractivity contribution is 5.09. The molecule has 3 nitrogen and oxygen atoms in total. The minimum Gasteiger partial charge on any atom is -0.388 e. The number of aromatic nitrogens is 1. The maximum atomic E-state index is 10.4. The molecule has 0 spiro atoms. The lowest BCUT2D eigenvalue weighted by molar-refractivity contribution is -0.0497. The third kappa shape index (κ3) is 2.76. The Kier molecular flexibility index (Phi) is 3.47. The molecule has 15 heavy (non-hydrogen) atoms. The molecule has 0 amide bonds. The minimum absolute atomic E-state index is 0.243. The van der Waals surface area contributed by atoms with Gasteiger partial charge in [-0.2, -0.15) is 0 Å². The lowest BCUT2D eigenvalue weighted by Crippen LogP contribution is -2.51. The van der Waals surface area contributed by atoms with E-state index in [-0.39, 0.29) is 12.0 Å². The predicted octanol–water partition coefficient (Wildman–Crippen LogP) is 1.36. The topological polar surface area (TPSA) is 59.1 Å². The largest absolute Gasteiger partial charge is 0.388 e. The maximum absolute atomic E-state index is 10.4. The van der Waals surface area contributed by atoms with E-state index in [1.165, 1.54) is 0 Å². The summed E-state index contributed by atoms with van der Waals surface area (Å²) in [6.07, 6.45) is 2.22. The van der Waals surface area contributed by atoms with Gasteiger partial charge in [0, 0.05) is 24.9 Å². The highest BCUT2D eigenvalue weighted by Crippen LogP contribution is 2.32. The van der Waals surface area contributed by atoms with Crippen molar-refractivity contribution in [1.29, 1.82) is 0 Å². The molecular weight excluding hydrogens is 188 g/mol. The van der Waals surface area contributed by atoms with Gasteiger partial charge >= 0.3 is 0 Å². The second kappa shape index (κ2) is 4.29. The van der Waals surface area contributed by atoms with Crippen LogP contribution in [0.3, 0.4) is 0 Å². The molecule has 1 rings (SSSR count). The van der Waals surface area contributed by atoms with Crippen LogP contribution in [0.1, 0.15) is 26.5 Å². The third-order valence-electron chi connectivity index (χ3n) is 2.93. The van der Waals surface area contributed by atoms with Crippen molar-refractivity contribution in [2.24, 2.45) is 11.1 Å². The minimum atomic E-state index is -0.901. The Bertz CT molecular complexity index is 305. The molecule has 0 aliphatic carbocycles. The van der Waals surface area contributed by atoms with Crippen LogP contribution in [0.15, 0.2) is 24.4 Å². The Morgan fingerprint density at radius 3 is 2.40 bits per heavy atom. The standard InChI is InChI=1S/C12H20N2O/c1-11(2,3)12(15,9-13)8-10-6-4-5-7-14-10/h4-7,15H,8-9,13H2,1-3H3. The lowest BCUT2D eigenvalue weighted by atomic mass is 9.74. The summed E-state index contributed by atoms with van der Waals surface area (Å²) in [6.45, 7) is 6.21. The monoisotopic (exact) mass is 208 g/mol. The summed E-state index contributed by atoms with van der Waals surface area (Å²) in [5.74, 6) is 0. The average molecular weight is 208 g/mol. The van der Waals surface area contributed by atoms with Crippen molar-refractivity contribution >= 4 is 0 Å². The normalized spacial score (nSPS) is 16.1.